The summed E-state index contributed by atoms with van der Waals surface area (Å²) >= 11 is 11.8. The summed E-state index contributed by atoms with van der Waals surface area (Å²) in [5.74, 6) is -0.831. The molecule has 10 heteroatoms. The zero-order valence-electron chi connectivity index (χ0n) is 19.7. The summed E-state index contributed by atoms with van der Waals surface area (Å²) in [4.78, 5) is 27.0. The summed E-state index contributed by atoms with van der Waals surface area (Å²) in [6, 6.07) is 21.8. The smallest absolute Gasteiger partial charge is 0.243 e. The maximum absolute atomic E-state index is 13.4. The van der Waals surface area contributed by atoms with Crippen molar-refractivity contribution in [1.29, 1.82) is 0 Å². The van der Waals surface area contributed by atoms with Gasteiger partial charge in [-0.15, -0.1) is 0 Å². The highest BCUT2D eigenvalue weighted by Gasteiger charge is 2.29. The summed E-state index contributed by atoms with van der Waals surface area (Å²) in [6.07, 6.45) is 0. The molecule has 0 aliphatic carbocycles. The molecule has 0 unspecified atom stereocenters. The highest BCUT2D eigenvalue weighted by Crippen LogP contribution is 2.21. The molecule has 0 radical (unpaired) electrons. The summed E-state index contributed by atoms with van der Waals surface area (Å²) in [6.45, 7) is 1.65. The Bertz CT molecular complexity index is 1270. The maximum Gasteiger partial charge on any atom is 0.243 e. The van der Waals surface area contributed by atoms with Gasteiger partial charge < -0.3 is 10.2 Å². The number of nitrogens with one attached hydrogen (secondary N) is 1. The first-order valence-corrected chi connectivity index (χ1v) is 13.5. The van der Waals surface area contributed by atoms with Crippen LogP contribution < -0.4 is 5.32 Å². The molecule has 0 saturated carbocycles. The molecule has 3 aromatic carbocycles. The second-order valence-electron chi connectivity index (χ2n) is 8.02. The lowest BCUT2D eigenvalue weighted by Gasteiger charge is -2.26. The van der Waals surface area contributed by atoms with Gasteiger partial charge in [-0.2, -0.15) is 4.31 Å². The van der Waals surface area contributed by atoms with E-state index in [1.165, 1.54) is 29.2 Å². The van der Waals surface area contributed by atoms with Crippen molar-refractivity contribution >= 4 is 45.0 Å². The van der Waals surface area contributed by atoms with E-state index in [2.05, 4.69) is 5.32 Å². The van der Waals surface area contributed by atoms with Crippen molar-refractivity contribution in [2.45, 2.75) is 24.9 Å². The van der Waals surface area contributed by atoms with Gasteiger partial charge in [0.2, 0.25) is 21.8 Å². The molecule has 0 aliphatic rings. The van der Waals surface area contributed by atoms with Crippen LogP contribution >= 0.6 is 23.2 Å². The zero-order chi connectivity index (χ0) is 26.1. The molecule has 0 spiro atoms. The minimum absolute atomic E-state index is 0.00213. The number of nitrogens with zero attached hydrogens (tertiary/aromatic N) is 2. The van der Waals surface area contributed by atoms with Crippen LogP contribution in [-0.2, 0) is 32.7 Å². The van der Waals surface area contributed by atoms with Crippen LogP contribution in [0.2, 0.25) is 10.0 Å². The van der Waals surface area contributed by atoms with Gasteiger partial charge in [0.1, 0.15) is 0 Å². The minimum atomic E-state index is -4.02. The maximum atomic E-state index is 13.4. The highest BCUT2D eigenvalue weighted by atomic mass is 35.5. The molecule has 0 saturated heterocycles. The van der Waals surface area contributed by atoms with Gasteiger partial charge in [-0.1, -0.05) is 65.7 Å². The van der Waals surface area contributed by atoms with E-state index in [1.54, 1.807) is 55.5 Å². The summed E-state index contributed by atoms with van der Waals surface area (Å²) in [5.41, 5.74) is 1.59. The topological polar surface area (TPSA) is 86.8 Å². The van der Waals surface area contributed by atoms with Crippen LogP contribution in [0.3, 0.4) is 0 Å². The number of carbonyl (C=O) groups excluding carboxylic acids is 2. The monoisotopic (exact) mass is 547 g/mol. The Morgan fingerprint density at radius 3 is 1.97 bits per heavy atom. The molecule has 7 nitrogen and oxygen atoms in total. The number of amides is 2. The number of sulfonamides is 1. The third-order valence-corrected chi connectivity index (χ3v) is 7.75. The molecule has 2 amide bonds. The van der Waals surface area contributed by atoms with Crippen LogP contribution in [0.5, 0.6) is 0 Å². The molecule has 0 aliphatic heterocycles. The van der Waals surface area contributed by atoms with E-state index in [9.17, 15) is 18.0 Å². The molecular weight excluding hydrogens is 521 g/mol. The van der Waals surface area contributed by atoms with Gasteiger partial charge >= 0.3 is 0 Å². The van der Waals surface area contributed by atoms with Crippen LogP contribution in [0.15, 0.2) is 83.8 Å². The van der Waals surface area contributed by atoms with Gasteiger partial charge in [0.05, 0.1) is 18.0 Å². The van der Waals surface area contributed by atoms with Gasteiger partial charge in [-0.25, -0.2) is 8.42 Å². The van der Waals surface area contributed by atoms with Crippen molar-refractivity contribution in [1.82, 2.24) is 14.5 Å². The Balaban J connectivity index is 1.72. The molecule has 0 bridgehead atoms. The molecule has 0 heterocycles. The van der Waals surface area contributed by atoms with E-state index in [1.807, 2.05) is 6.07 Å². The number of carbonyl (C=O) groups is 2. The Morgan fingerprint density at radius 2 is 1.39 bits per heavy atom. The SMILES string of the molecule is CCN(CC(=O)NCc1ccc(Cl)cc1)C(=O)CN(Cc1ccccc1)S(=O)(=O)c1ccc(Cl)cc1. The molecule has 190 valence electrons. The molecule has 3 rings (SSSR count). The molecule has 0 atom stereocenters. The van der Waals surface area contributed by atoms with Gasteiger partial charge in [-0.05, 0) is 54.4 Å². The lowest BCUT2D eigenvalue weighted by Crippen LogP contribution is -2.46. The van der Waals surface area contributed by atoms with Crippen LogP contribution in [0, 0.1) is 0 Å². The number of halogens is 2. The Labute approximate surface area is 221 Å². The summed E-state index contributed by atoms with van der Waals surface area (Å²) < 4.78 is 28.0. The van der Waals surface area contributed by atoms with Crippen LogP contribution in [0.25, 0.3) is 0 Å². The Hall–Kier alpha value is -2.91. The normalized spacial score (nSPS) is 11.3. The standard InChI is InChI=1S/C26H27Cl2N3O4S/c1-2-30(18-25(32)29-16-20-8-10-22(27)11-9-20)26(33)19-31(17-21-6-4-3-5-7-21)36(34,35)24-14-12-23(28)13-15-24/h3-15H,2,16-19H2,1H3,(H,29,32). The molecule has 36 heavy (non-hydrogen) atoms. The minimum Gasteiger partial charge on any atom is -0.350 e. The highest BCUT2D eigenvalue weighted by molar-refractivity contribution is 7.89. The number of likely N-dealkylation sites (N-methyl/N-ethyl adjacent to an activating group) is 1. The summed E-state index contributed by atoms with van der Waals surface area (Å²) in [5, 5.41) is 3.77. The predicted molar refractivity (Wildman–Crippen MR) is 141 cm³/mol. The van der Waals surface area contributed by atoms with Crippen LogP contribution in [0.4, 0.5) is 0 Å². The van der Waals surface area contributed by atoms with Crippen LogP contribution in [-0.4, -0.2) is 49.1 Å². The average Bonchev–Trinajstić information content (AvgIpc) is 2.87. The van der Waals surface area contributed by atoms with Crippen molar-refractivity contribution in [3.63, 3.8) is 0 Å². The fraction of sp³-hybridized carbons (Fsp3) is 0.231. The lowest BCUT2D eigenvalue weighted by atomic mass is 10.2. The van der Waals surface area contributed by atoms with E-state index < -0.39 is 22.5 Å². The molecule has 3 aromatic rings. The van der Waals surface area contributed by atoms with Crippen LogP contribution in [0.1, 0.15) is 18.1 Å². The third kappa shape index (κ3) is 7.80. The van der Waals surface area contributed by atoms with E-state index >= 15 is 0 Å². The van der Waals surface area contributed by atoms with Gasteiger partial charge in [0.25, 0.3) is 0 Å². The molecule has 1 N–H and O–H groups in total. The predicted octanol–water partition coefficient (Wildman–Crippen LogP) is 4.35. The van der Waals surface area contributed by atoms with Crippen molar-refractivity contribution in [3.05, 3.63) is 100 Å². The quantitative estimate of drug-likeness (QED) is 0.386. The Kier molecular flexibility index (Phi) is 9.89. The molecule has 0 fully saturated rings. The number of rotatable bonds is 11. The van der Waals surface area contributed by atoms with E-state index in [0.717, 1.165) is 15.4 Å². The van der Waals surface area contributed by atoms with E-state index in [0.29, 0.717) is 10.0 Å². The van der Waals surface area contributed by atoms with Crippen molar-refractivity contribution in [2.24, 2.45) is 0 Å². The number of hydrogen-bond acceptors (Lipinski definition) is 4. The largest absolute Gasteiger partial charge is 0.350 e. The van der Waals surface area contributed by atoms with Crippen molar-refractivity contribution in [2.75, 3.05) is 19.6 Å². The fourth-order valence-corrected chi connectivity index (χ4v) is 5.06. The third-order valence-electron chi connectivity index (χ3n) is 5.44. The number of hydrogen-bond donors (Lipinski definition) is 1. The van der Waals surface area contributed by atoms with Gasteiger partial charge in [0.15, 0.2) is 0 Å². The van der Waals surface area contributed by atoms with Crippen molar-refractivity contribution in [3.8, 4) is 0 Å². The fourth-order valence-electron chi connectivity index (χ4n) is 3.43. The van der Waals surface area contributed by atoms with Crippen molar-refractivity contribution < 1.29 is 18.0 Å². The first kappa shape index (κ1) is 27.7. The second-order valence-corrected chi connectivity index (χ2v) is 10.8. The summed E-state index contributed by atoms with van der Waals surface area (Å²) in [7, 11) is -4.02. The van der Waals surface area contributed by atoms with Gasteiger partial charge in [-0.3, -0.25) is 9.59 Å². The lowest BCUT2D eigenvalue weighted by molar-refractivity contribution is -0.136. The number of benzene rings is 3. The first-order valence-electron chi connectivity index (χ1n) is 11.3. The molecule has 0 aromatic heterocycles. The molecular formula is C26H27Cl2N3O4S. The Morgan fingerprint density at radius 1 is 0.806 bits per heavy atom. The van der Waals surface area contributed by atoms with E-state index in [4.69, 9.17) is 23.2 Å². The average molecular weight is 548 g/mol. The second kappa shape index (κ2) is 12.9. The van der Waals surface area contributed by atoms with E-state index in [-0.39, 0.29) is 37.0 Å². The van der Waals surface area contributed by atoms with Gasteiger partial charge in [0, 0.05) is 29.7 Å². The first-order chi connectivity index (χ1) is 17.2. The zero-order valence-corrected chi connectivity index (χ0v) is 22.1.